The Hall–Kier alpha value is -4.16. The van der Waals surface area contributed by atoms with Crippen LogP contribution in [-0.2, 0) is 25.5 Å². The van der Waals surface area contributed by atoms with Gasteiger partial charge in [-0.15, -0.1) is 0 Å². The van der Waals surface area contributed by atoms with Crippen LogP contribution >= 0.6 is 11.6 Å². The first-order valence-electron chi connectivity index (χ1n) is 14.7. The summed E-state index contributed by atoms with van der Waals surface area (Å²) < 4.78 is 24.9. The van der Waals surface area contributed by atoms with Gasteiger partial charge in [0.2, 0.25) is 12.3 Å². The number of likely N-dealkylation sites (N-methyl/N-ethyl adjacent to an activating group) is 1. The van der Waals surface area contributed by atoms with Crippen molar-refractivity contribution in [2.24, 2.45) is 0 Å². The quantitative estimate of drug-likeness (QED) is 0.294. The molecular weight excluding hydrogens is 605 g/mol. The second-order valence-electron chi connectivity index (χ2n) is 11.2. The maximum atomic E-state index is 14.4. The van der Waals surface area contributed by atoms with E-state index in [4.69, 9.17) is 21.1 Å². The van der Waals surface area contributed by atoms with Gasteiger partial charge in [-0.25, -0.2) is 9.18 Å². The molecule has 2 aliphatic rings. The van der Waals surface area contributed by atoms with E-state index in [9.17, 15) is 23.6 Å². The zero-order valence-electron chi connectivity index (χ0n) is 25.9. The number of halogens is 2. The maximum Gasteiger partial charge on any atom is 0.322 e. The highest BCUT2D eigenvalue weighted by Gasteiger charge is 2.32. The van der Waals surface area contributed by atoms with E-state index in [0.29, 0.717) is 45.3 Å². The van der Waals surface area contributed by atoms with Crippen LogP contribution in [0.25, 0.3) is 5.57 Å². The Balaban J connectivity index is 1.44. The number of hydrogen-bond acceptors (Lipinski definition) is 6. The molecule has 11 nitrogen and oxygen atoms in total. The van der Waals surface area contributed by atoms with Gasteiger partial charge in [-0.2, -0.15) is 0 Å². The van der Waals surface area contributed by atoms with Crippen LogP contribution in [0.4, 0.5) is 14.9 Å². The first kappa shape index (κ1) is 33.7. The van der Waals surface area contributed by atoms with Crippen molar-refractivity contribution >= 4 is 47.1 Å². The van der Waals surface area contributed by atoms with Gasteiger partial charge < -0.3 is 34.4 Å². The van der Waals surface area contributed by atoms with E-state index in [2.05, 4.69) is 5.32 Å². The number of likely N-dealkylation sites (tertiary alicyclic amines) is 1. The van der Waals surface area contributed by atoms with Gasteiger partial charge in [-0.05, 0) is 56.0 Å². The number of urea groups is 1. The number of piperidine rings is 1. The lowest BCUT2D eigenvalue weighted by atomic mass is 10.0. The number of nitrogens with zero attached hydrogens (tertiary/aromatic N) is 4. The van der Waals surface area contributed by atoms with E-state index >= 15 is 0 Å². The third-order valence-corrected chi connectivity index (χ3v) is 8.69. The third kappa shape index (κ3) is 7.93. The summed E-state index contributed by atoms with van der Waals surface area (Å²) in [4.78, 5) is 58.0. The average Bonchev–Trinajstić information content (AvgIpc) is 3.21. The van der Waals surface area contributed by atoms with Gasteiger partial charge in [-0.3, -0.25) is 14.4 Å². The lowest BCUT2D eigenvalue weighted by Gasteiger charge is -2.38. The molecule has 2 aromatic carbocycles. The summed E-state index contributed by atoms with van der Waals surface area (Å²) in [5, 5.41) is 2.71. The molecule has 0 aromatic heterocycles. The van der Waals surface area contributed by atoms with Crippen LogP contribution in [0.3, 0.4) is 0 Å². The van der Waals surface area contributed by atoms with Crippen molar-refractivity contribution in [1.82, 2.24) is 19.6 Å². The Bertz CT molecular complexity index is 1450. The SMILES string of the molecule is COCC(C)N(C)C(=O)/C(=C\N(C=O)CC(=O)N1CCC(N2CCc3cc(OC)ccc3NC2=O)CC1)c1cccc(F)c1Cl. The minimum absolute atomic E-state index is 0.0469. The highest BCUT2D eigenvalue weighted by molar-refractivity contribution is 6.35. The molecule has 45 heavy (non-hydrogen) atoms. The van der Waals surface area contributed by atoms with E-state index in [1.807, 2.05) is 23.1 Å². The second-order valence-corrected chi connectivity index (χ2v) is 11.5. The van der Waals surface area contributed by atoms with Crippen LogP contribution in [0.1, 0.15) is 30.9 Å². The highest BCUT2D eigenvalue weighted by atomic mass is 35.5. The van der Waals surface area contributed by atoms with Gasteiger partial charge in [-0.1, -0.05) is 23.7 Å². The van der Waals surface area contributed by atoms with Gasteiger partial charge in [0.15, 0.2) is 0 Å². The van der Waals surface area contributed by atoms with Crippen molar-refractivity contribution in [2.45, 2.75) is 38.3 Å². The number of nitrogens with one attached hydrogen (secondary N) is 1. The lowest BCUT2D eigenvalue weighted by molar-refractivity contribution is -0.135. The molecule has 242 valence electrons. The van der Waals surface area contributed by atoms with Crippen molar-refractivity contribution in [3.63, 3.8) is 0 Å². The van der Waals surface area contributed by atoms with Crippen molar-refractivity contribution < 1.29 is 33.0 Å². The van der Waals surface area contributed by atoms with E-state index in [1.165, 1.54) is 36.4 Å². The monoisotopic (exact) mass is 643 g/mol. The molecule has 1 saturated heterocycles. The summed E-state index contributed by atoms with van der Waals surface area (Å²) in [6.45, 7) is 3.01. The molecule has 0 bridgehead atoms. The van der Waals surface area contributed by atoms with Gasteiger partial charge in [0.25, 0.3) is 5.91 Å². The number of hydrogen-bond donors (Lipinski definition) is 1. The Kier molecular flexibility index (Phi) is 11.4. The molecule has 1 atom stereocenters. The van der Waals surface area contributed by atoms with Crippen molar-refractivity contribution in [3.8, 4) is 5.75 Å². The van der Waals surface area contributed by atoms with Crippen LogP contribution in [0, 0.1) is 5.82 Å². The summed E-state index contributed by atoms with van der Waals surface area (Å²) >= 11 is 6.24. The van der Waals surface area contributed by atoms with Gasteiger partial charge in [0, 0.05) is 57.3 Å². The standard InChI is InChI=1S/C32H39ClFN5O6/c1-21(19-44-3)36(2)31(42)26(25-6-5-7-27(34)30(25)33)17-37(20-40)18-29(41)38-13-11-23(12-14-38)39-15-10-22-16-24(45-4)8-9-28(22)35-32(39)43/h5-9,16-17,20-21,23H,10-15,18-19H2,1-4H3,(H,35,43)/b26-17-. The largest absolute Gasteiger partial charge is 0.497 e. The molecule has 5 amide bonds. The number of benzene rings is 2. The number of carbonyl (C=O) groups is 4. The lowest BCUT2D eigenvalue weighted by Crippen LogP contribution is -2.51. The minimum atomic E-state index is -0.723. The van der Waals surface area contributed by atoms with E-state index in [0.717, 1.165) is 21.9 Å². The topological polar surface area (TPSA) is 112 Å². The van der Waals surface area contributed by atoms with E-state index in [-0.39, 0.29) is 53.3 Å². The molecular formula is C32H39ClFN5O6. The number of rotatable bonds is 11. The Morgan fingerprint density at radius 2 is 1.91 bits per heavy atom. The maximum absolute atomic E-state index is 14.4. The molecule has 0 spiro atoms. The number of carbonyl (C=O) groups excluding carboxylic acids is 4. The molecule has 1 N–H and O–H groups in total. The zero-order chi connectivity index (χ0) is 32.7. The van der Waals surface area contributed by atoms with Crippen LogP contribution in [0.5, 0.6) is 5.75 Å². The molecule has 0 aliphatic carbocycles. The molecule has 2 aromatic rings. The molecule has 0 radical (unpaired) electrons. The summed E-state index contributed by atoms with van der Waals surface area (Å²) in [6.07, 6.45) is 3.48. The minimum Gasteiger partial charge on any atom is -0.497 e. The molecule has 1 fully saturated rings. The second kappa shape index (κ2) is 15.2. The molecule has 2 heterocycles. The van der Waals surface area contributed by atoms with Crippen molar-refractivity contribution in [2.75, 3.05) is 59.4 Å². The summed E-state index contributed by atoms with van der Waals surface area (Å²) in [7, 11) is 4.68. The van der Waals surface area contributed by atoms with E-state index < -0.39 is 11.7 Å². The Labute approximate surface area is 267 Å². The highest BCUT2D eigenvalue weighted by Crippen LogP contribution is 2.30. The van der Waals surface area contributed by atoms with Crippen LogP contribution in [0.2, 0.25) is 5.02 Å². The summed E-state index contributed by atoms with van der Waals surface area (Å²) in [5.74, 6) is -0.845. The number of ether oxygens (including phenoxy) is 2. The predicted octanol–water partition coefficient (Wildman–Crippen LogP) is 3.86. The molecule has 0 saturated carbocycles. The van der Waals surface area contributed by atoms with Crippen molar-refractivity contribution in [1.29, 1.82) is 0 Å². The summed E-state index contributed by atoms with van der Waals surface area (Å²) in [6, 6.07) is 9.05. The van der Waals surface area contributed by atoms with Gasteiger partial charge >= 0.3 is 6.03 Å². The third-order valence-electron chi connectivity index (χ3n) is 8.30. The number of methoxy groups -OCH3 is 2. The normalized spacial score (nSPS) is 16.3. The molecule has 13 heteroatoms. The van der Waals surface area contributed by atoms with Gasteiger partial charge in [0.05, 0.1) is 30.4 Å². The van der Waals surface area contributed by atoms with Crippen LogP contribution in [0.15, 0.2) is 42.6 Å². The summed E-state index contributed by atoms with van der Waals surface area (Å²) in [5.41, 5.74) is 1.80. The fourth-order valence-electron chi connectivity index (χ4n) is 5.56. The fraction of sp³-hybridized carbons (Fsp3) is 0.438. The average molecular weight is 644 g/mol. The molecule has 4 rings (SSSR count). The molecule has 1 unspecified atom stereocenters. The number of anilines is 1. The van der Waals surface area contributed by atoms with Gasteiger partial charge in [0.1, 0.15) is 18.1 Å². The number of fused-ring (bicyclic) bond motifs is 1. The Morgan fingerprint density at radius 1 is 1.18 bits per heavy atom. The first-order valence-corrected chi connectivity index (χ1v) is 15.1. The smallest absolute Gasteiger partial charge is 0.322 e. The van der Waals surface area contributed by atoms with Crippen molar-refractivity contribution in [3.05, 3.63) is 64.6 Å². The number of amides is 5. The Morgan fingerprint density at radius 3 is 2.58 bits per heavy atom. The van der Waals surface area contributed by atoms with Crippen LogP contribution in [-0.4, -0.2) is 110 Å². The molecule has 2 aliphatic heterocycles. The first-order chi connectivity index (χ1) is 21.6. The fourth-order valence-corrected chi connectivity index (χ4v) is 5.79. The van der Waals surface area contributed by atoms with Crippen LogP contribution < -0.4 is 10.1 Å². The zero-order valence-corrected chi connectivity index (χ0v) is 26.7. The predicted molar refractivity (Wildman–Crippen MR) is 168 cm³/mol. The van der Waals surface area contributed by atoms with E-state index in [1.54, 1.807) is 26.0 Å².